The van der Waals surface area contributed by atoms with Crippen molar-refractivity contribution in [2.24, 2.45) is 11.8 Å². The summed E-state index contributed by atoms with van der Waals surface area (Å²) in [5, 5.41) is 8.13. The monoisotopic (exact) mass is 471 g/mol. The second kappa shape index (κ2) is 8.24. The van der Waals surface area contributed by atoms with Crippen molar-refractivity contribution in [2.45, 2.75) is 88.7 Å². The van der Waals surface area contributed by atoms with Crippen LogP contribution in [0.1, 0.15) is 57.8 Å². The van der Waals surface area contributed by atoms with Crippen molar-refractivity contribution in [1.82, 2.24) is 15.5 Å². The summed E-state index contributed by atoms with van der Waals surface area (Å²) in [5.74, 6) is -1.77. The number of fused-ring (bicyclic) bond motifs is 1. The van der Waals surface area contributed by atoms with Gasteiger partial charge in [-0.05, 0) is 44.6 Å². The van der Waals surface area contributed by atoms with Crippen LogP contribution in [-0.4, -0.2) is 51.9 Å². The van der Waals surface area contributed by atoms with Crippen molar-refractivity contribution in [3.05, 3.63) is 34.5 Å². The summed E-state index contributed by atoms with van der Waals surface area (Å²) in [7, 11) is 0. The van der Waals surface area contributed by atoms with E-state index in [0.29, 0.717) is 6.54 Å². The first-order chi connectivity index (χ1) is 15.8. The van der Waals surface area contributed by atoms with Crippen molar-refractivity contribution in [2.75, 3.05) is 0 Å². The molecule has 8 heteroatoms. The third-order valence-corrected chi connectivity index (χ3v) is 8.82. The molecule has 1 aromatic rings. The van der Waals surface area contributed by atoms with E-state index in [-0.39, 0.29) is 23.8 Å². The summed E-state index contributed by atoms with van der Waals surface area (Å²) in [4.78, 5) is 43.8. The van der Waals surface area contributed by atoms with Crippen LogP contribution in [0.5, 0.6) is 0 Å². The van der Waals surface area contributed by atoms with E-state index in [1.54, 1.807) is 16.2 Å². The Kier molecular flexibility index (Phi) is 5.64. The highest BCUT2D eigenvalue weighted by atomic mass is 32.1. The molecule has 178 valence electrons. The number of hydrogen-bond donors (Lipinski definition) is 2. The summed E-state index contributed by atoms with van der Waals surface area (Å²) >= 11 is 1.58. The van der Waals surface area contributed by atoms with E-state index < -0.39 is 35.1 Å². The normalized spacial score (nSPS) is 33.1. The molecule has 5 rings (SSSR count). The Balaban J connectivity index is 1.46. The molecule has 4 aliphatic rings. The van der Waals surface area contributed by atoms with Crippen LogP contribution in [0.2, 0.25) is 0 Å². The van der Waals surface area contributed by atoms with Crippen molar-refractivity contribution in [3.63, 3.8) is 0 Å². The van der Waals surface area contributed by atoms with Crippen LogP contribution >= 0.6 is 11.3 Å². The Morgan fingerprint density at radius 3 is 2.70 bits per heavy atom. The Morgan fingerprint density at radius 1 is 1.27 bits per heavy atom. The summed E-state index contributed by atoms with van der Waals surface area (Å²) in [5.41, 5.74) is -1.48. The minimum absolute atomic E-state index is 0.0174. The van der Waals surface area contributed by atoms with Crippen LogP contribution < -0.4 is 10.6 Å². The number of ether oxygens (including phenoxy) is 1. The number of hydrogen-bond acceptors (Lipinski definition) is 5. The summed E-state index contributed by atoms with van der Waals surface area (Å²) in [6, 6.07) is 3.19. The van der Waals surface area contributed by atoms with Gasteiger partial charge in [0.2, 0.25) is 17.7 Å². The zero-order chi connectivity index (χ0) is 23.4. The maximum Gasteiger partial charge on any atom is 0.246 e. The van der Waals surface area contributed by atoms with E-state index in [4.69, 9.17) is 4.74 Å². The first-order valence-corrected chi connectivity index (χ1v) is 13.0. The third kappa shape index (κ3) is 3.62. The van der Waals surface area contributed by atoms with E-state index in [2.05, 4.69) is 10.6 Å². The van der Waals surface area contributed by atoms with Gasteiger partial charge in [-0.1, -0.05) is 38.0 Å². The summed E-state index contributed by atoms with van der Waals surface area (Å²) < 4.78 is 6.40. The zero-order valence-electron chi connectivity index (χ0n) is 19.5. The Morgan fingerprint density at radius 2 is 2.03 bits per heavy atom. The highest BCUT2D eigenvalue weighted by molar-refractivity contribution is 7.09. The predicted molar refractivity (Wildman–Crippen MR) is 125 cm³/mol. The number of thiophene rings is 1. The second-order valence-corrected chi connectivity index (χ2v) is 11.4. The summed E-state index contributed by atoms with van der Waals surface area (Å²) in [6.07, 6.45) is 7.92. The molecular weight excluding hydrogens is 438 g/mol. The first-order valence-electron chi connectivity index (χ1n) is 12.1. The molecular formula is C25H33N3O4S. The molecule has 1 saturated carbocycles. The Hall–Kier alpha value is -2.19. The largest absolute Gasteiger partial charge is 0.359 e. The van der Waals surface area contributed by atoms with Gasteiger partial charge in [0.15, 0.2) is 0 Å². The summed E-state index contributed by atoms with van der Waals surface area (Å²) in [6.45, 7) is 6.43. The average molecular weight is 472 g/mol. The standard InChI is InChI=1S/C25H33N3O4S/c1-4-24(2,3)27-22(30)20-25-12-11-17(32-25)18(21(29)26-14-16-10-7-13-33-16)19(25)23(31)28(20)15-8-5-6-9-15/h7,10-13,15,17-20H,4-6,8-9,14H2,1-3H3,(H,26,29)(H,27,30)/t17-,18+,19-,20+,25+/m1/s1. The van der Waals surface area contributed by atoms with E-state index in [0.717, 1.165) is 37.0 Å². The maximum atomic E-state index is 13.9. The van der Waals surface area contributed by atoms with E-state index in [1.807, 2.05) is 50.4 Å². The van der Waals surface area contributed by atoms with Crippen LogP contribution in [0.3, 0.4) is 0 Å². The van der Waals surface area contributed by atoms with Gasteiger partial charge in [0, 0.05) is 16.5 Å². The van der Waals surface area contributed by atoms with Gasteiger partial charge in [0.05, 0.1) is 24.5 Å². The molecule has 1 aliphatic carbocycles. The van der Waals surface area contributed by atoms with Gasteiger partial charge in [-0.2, -0.15) is 0 Å². The Bertz CT molecular complexity index is 968. The highest BCUT2D eigenvalue weighted by Crippen LogP contribution is 2.56. The molecule has 0 radical (unpaired) electrons. The molecule has 5 atom stereocenters. The lowest BCUT2D eigenvalue weighted by Crippen LogP contribution is -2.59. The first kappa shape index (κ1) is 22.6. The zero-order valence-corrected chi connectivity index (χ0v) is 20.3. The SMILES string of the molecule is CCC(C)(C)NC(=O)[C@@H]1N(C2CCCC2)C(=O)[C@H]2[C@@H](C(=O)NCc3cccs3)[C@H]3C=C[C@@]12O3. The number of rotatable bonds is 7. The number of nitrogens with zero attached hydrogens (tertiary/aromatic N) is 1. The number of carbonyl (C=O) groups excluding carboxylic acids is 3. The molecule has 33 heavy (non-hydrogen) atoms. The molecule has 7 nitrogen and oxygen atoms in total. The minimum Gasteiger partial charge on any atom is -0.359 e. The lowest BCUT2D eigenvalue weighted by Gasteiger charge is -2.37. The number of amides is 3. The molecule has 3 aliphatic heterocycles. The van der Waals surface area contributed by atoms with Gasteiger partial charge in [-0.15, -0.1) is 11.3 Å². The third-order valence-electron chi connectivity index (χ3n) is 7.94. The van der Waals surface area contributed by atoms with Gasteiger partial charge >= 0.3 is 0 Å². The fourth-order valence-electron chi connectivity index (χ4n) is 5.98. The van der Waals surface area contributed by atoms with Crippen LogP contribution in [0.4, 0.5) is 0 Å². The van der Waals surface area contributed by atoms with Crippen LogP contribution in [-0.2, 0) is 25.7 Å². The molecule has 3 amide bonds. The smallest absolute Gasteiger partial charge is 0.246 e. The molecule has 4 heterocycles. The number of nitrogens with one attached hydrogen (secondary N) is 2. The van der Waals surface area contributed by atoms with Crippen LogP contribution in [0.15, 0.2) is 29.7 Å². The van der Waals surface area contributed by atoms with Gasteiger partial charge in [0.1, 0.15) is 11.6 Å². The van der Waals surface area contributed by atoms with E-state index in [9.17, 15) is 14.4 Å². The molecule has 2 bridgehead atoms. The average Bonchev–Trinajstić information content (AvgIpc) is 3.59. The van der Waals surface area contributed by atoms with Crippen molar-refractivity contribution in [3.8, 4) is 0 Å². The number of carbonyl (C=O) groups is 3. The Labute approximate surface area is 198 Å². The van der Waals surface area contributed by atoms with Crippen molar-refractivity contribution < 1.29 is 19.1 Å². The van der Waals surface area contributed by atoms with E-state index >= 15 is 0 Å². The van der Waals surface area contributed by atoms with Gasteiger partial charge in [-0.3, -0.25) is 14.4 Å². The molecule has 0 aromatic carbocycles. The quantitative estimate of drug-likeness (QED) is 0.599. The lowest BCUT2D eigenvalue weighted by molar-refractivity contribution is -0.144. The van der Waals surface area contributed by atoms with Crippen LogP contribution in [0.25, 0.3) is 0 Å². The number of likely N-dealkylation sites (tertiary alicyclic amines) is 1. The molecule has 1 spiro atoms. The fraction of sp³-hybridized carbons (Fsp3) is 0.640. The van der Waals surface area contributed by atoms with Gasteiger partial charge in [0.25, 0.3) is 0 Å². The molecule has 3 fully saturated rings. The van der Waals surface area contributed by atoms with Gasteiger partial charge in [-0.25, -0.2) is 0 Å². The van der Waals surface area contributed by atoms with E-state index in [1.165, 1.54) is 0 Å². The minimum atomic E-state index is -1.08. The van der Waals surface area contributed by atoms with Crippen LogP contribution in [0, 0.1) is 11.8 Å². The van der Waals surface area contributed by atoms with Crippen molar-refractivity contribution >= 4 is 29.1 Å². The predicted octanol–water partition coefficient (Wildman–Crippen LogP) is 2.76. The maximum absolute atomic E-state index is 13.9. The molecule has 1 aromatic heterocycles. The lowest BCUT2D eigenvalue weighted by atomic mass is 9.74. The topological polar surface area (TPSA) is 87.7 Å². The fourth-order valence-corrected chi connectivity index (χ4v) is 6.62. The van der Waals surface area contributed by atoms with Crippen molar-refractivity contribution in [1.29, 1.82) is 0 Å². The second-order valence-electron chi connectivity index (χ2n) is 10.4. The molecule has 2 N–H and O–H groups in total. The van der Waals surface area contributed by atoms with Gasteiger partial charge < -0.3 is 20.3 Å². The molecule has 0 unspecified atom stereocenters. The highest BCUT2D eigenvalue weighted by Gasteiger charge is 2.73. The molecule has 2 saturated heterocycles.